The van der Waals surface area contributed by atoms with Crippen LogP contribution in [0.25, 0.3) is 0 Å². The SMILES string of the molecule is CCCCC1(Cc2cccc(C(=O)OC)c2)C(=O)OC(C)(C)OC1=O. The number of methoxy groups -OCH3 is 1. The summed E-state index contributed by atoms with van der Waals surface area (Å²) in [6, 6.07) is 6.70. The summed E-state index contributed by atoms with van der Waals surface area (Å²) in [5.41, 5.74) is -0.351. The predicted molar refractivity (Wildman–Crippen MR) is 89.7 cm³/mol. The minimum Gasteiger partial charge on any atom is -0.465 e. The van der Waals surface area contributed by atoms with Gasteiger partial charge in [0.1, 0.15) is 0 Å². The molecule has 0 radical (unpaired) electrons. The molecule has 1 heterocycles. The fraction of sp³-hybridized carbons (Fsp3) is 0.526. The van der Waals surface area contributed by atoms with Gasteiger partial charge in [0.15, 0.2) is 5.41 Å². The second-order valence-electron chi connectivity index (χ2n) is 6.73. The first-order chi connectivity index (χ1) is 11.7. The molecule has 0 amide bonds. The molecule has 1 saturated heterocycles. The van der Waals surface area contributed by atoms with Crippen molar-refractivity contribution in [2.75, 3.05) is 7.11 Å². The fourth-order valence-corrected chi connectivity index (χ4v) is 2.94. The van der Waals surface area contributed by atoms with Crippen molar-refractivity contribution in [3.63, 3.8) is 0 Å². The first-order valence-electron chi connectivity index (χ1n) is 8.38. The van der Waals surface area contributed by atoms with Crippen LogP contribution >= 0.6 is 0 Å². The van der Waals surface area contributed by atoms with Crippen LogP contribution < -0.4 is 0 Å². The molecule has 0 unspecified atom stereocenters. The Bertz CT molecular complexity index is 656. The van der Waals surface area contributed by atoms with Crippen LogP contribution in [0.1, 0.15) is 56.0 Å². The van der Waals surface area contributed by atoms with E-state index < -0.39 is 29.1 Å². The highest BCUT2D eigenvalue weighted by Crippen LogP contribution is 2.39. The standard InChI is InChI=1S/C19H24O6/c1-5-6-10-19(16(21)24-18(2,3)25-17(19)22)12-13-8-7-9-14(11-13)15(20)23-4/h7-9,11H,5-6,10,12H2,1-4H3. The van der Waals surface area contributed by atoms with Crippen molar-refractivity contribution in [3.05, 3.63) is 35.4 Å². The van der Waals surface area contributed by atoms with Gasteiger partial charge in [-0.25, -0.2) is 4.79 Å². The van der Waals surface area contributed by atoms with Crippen LogP contribution in [-0.4, -0.2) is 30.8 Å². The van der Waals surface area contributed by atoms with Crippen LogP contribution in [0.3, 0.4) is 0 Å². The Morgan fingerprint density at radius 1 is 1.16 bits per heavy atom. The van der Waals surface area contributed by atoms with E-state index in [0.717, 1.165) is 6.42 Å². The molecular weight excluding hydrogens is 324 g/mol. The lowest BCUT2D eigenvalue weighted by Crippen LogP contribution is -2.55. The third kappa shape index (κ3) is 4.00. The summed E-state index contributed by atoms with van der Waals surface area (Å²) in [6.45, 7) is 5.05. The monoisotopic (exact) mass is 348 g/mol. The molecule has 6 heteroatoms. The van der Waals surface area contributed by atoms with Crippen LogP contribution in [0.4, 0.5) is 0 Å². The summed E-state index contributed by atoms with van der Waals surface area (Å²) in [6.07, 6.45) is 1.96. The Hall–Kier alpha value is -2.37. The summed E-state index contributed by atoms with van der Waals surface area (Å²) in [7, 11) is 1.30. The van der Waals surface area contributed by atoms with Crippen LogP contribution in [0.5, 0.6) is 0 Å². The molecule has 0 aliphatic carbocycles. The average molecular weight is 348 g/mol. The van der Waals surface area contributed by atoms with Crippen molar-refractivity contribution in [2.24, 2.45) is 5.41 Å². The number of hydrogen-bond acceptors (Lipinski definition) is 6. The zero-order valence-electron chi connectivity index (χ0n) is 15.1. The lowest BCUT2D eigenvalue weighted by atomic mass is 9.76. The lowest BCUT2D eigenvalue weighted by molar-refractivity contribution is -0.251. The van der Waals surface area contributed by atoms with Crippen LogP contribution in [0.2, 0.25) is 0 Å². The number of benzene rings is 1. The smallest absolute Gasteiger partial charge is 0.337 e. The molecule has 1 aliphatic rings. The second kappa shape index (κ2) is 7.25. The van der Waals surface area contributed by atoms with Crippen molar-refractivity contribution >= 4 is 17.9 Å². The number of ether oxygens (including phenoxy) is 3. The number of cyclic esters (lactones) is 2. The molecule has 1 fully saturated rings. The van der Waals surface area contributed by atoms with Gasteiger partial charge in [-0.15, -0.1) is 0 Å². The number of hydrogen-bond donors (Lipinski definition) is 0. The normalized spacial score (nSPS) is 18.2. The van der Waals surface area contributed by atoms with Gasteiger partial charge in [-0.2, -0.15) is 0 Å². The van der Waals surface area contributed by atoms with Gasteiger partial charge in [-0.3, -0.25) is 9.59 Å². The highest BCUT2D eigenvalue weighted by Gasteiger charge is 2.55. The molecule has 2 rings (SSSR count). The van der Waals surface area contributed by atoms with Gasteiger partial charge < -0.3 is 14.2 Å². The first kappa shape index (κ1) is 19.0. The van der Waals surface area contributed by atoms with Gasteiger partial charge in [-0.05, 0) is 30.5 Å². The number of rotatable bonds is 6. The summed E-state index contributed by atoms with van der Waals surface area (Å²) < 4.78 is 15.4. The third-order valence-electron chi connectivity index (χ3n) is 4.27. The largest absolute Gasteiger partial charge is 0.465 e. The Morgan fingerprint density at radius 2 is 1.80 bits per heavy atom. The van der Waals surface area contributed by atoms with E-state index in [1.165, 1.54) is 21.0 Å². The number of unbranched alkanes of at least 4 members (excludes halogenated alkanes) is 1. The zero-order chi connectivity index (χ0) is 18.7. The van der Waals surface area contributed by atoms with Gasteiger partial charge in [0, 0.05) is 13.8 Å². The van der Waals surface area contributed by atoms with Gasteiger partial charge >= 0.3 is 17.9 Å². The molecule has 6 nitrogen and oxygen atoms in total. The minimum absolute atomic E-state index is 0.117. The van der Waals surface area contributed by atoms with Crippen molar-refractivity contribution < 1.29 is 28.6 Å². The summed E-state index contributed by atoms with van der Waals surface area (Å²) in [4.78, 5) is 37.1. The van der Waals surface area contributed by atoms with E-state index in [1.807, 2.05) is 6.92 Å². The van der Waals surface area contributed by atoms with Crippen LogP contribution in [-0.2, 0) is 30.2 Å². The van der Waals surface area contributed by atoms with E-state index in [-0.39, 0.29) is 6.42 Å². The maximum atomic E-state index is 12.7. The molecule has 0 bridgehead atoms. The molecule has 0 saturated carbocycles. The maximum absolute atomic E-state index is 12.7. The minimum atomic E-state index is -1.39. The molecule has 0 spiro atoms. The molecule has 136 valence electrons. The van der Waals surface area contributed by atoms with Crippen molar-refractivity contribution in [1.82, 2.24) is 0 Å². The topological polar surface area (TPSA) is 78.9 Å². The van der Waals surface area contributed by atoms with Crippen LogP contribution in [0, 0.1) is 5.41 Å². The molecule has 1 aliphatic heterocycles. The van der Waals surface area contributed by atoms with E-state index >= 15 is 0 Å². The third-order valence-corrected chi connectivity index (χ3v) is 4.27. The Balaban J connectivity index is 2.37. The van der Waals surface area contributed by atoms with E-state index in [1.54, 1.807) is 24.3 Å². The number of esters is 3. The van der Waals surface area contributed by atoms with Crippen molar-refractivity contribution in [2.45, 2.75) is 52.2 Å². The van der Waals surface area contributed by atoms with Gasteiger partial charge in [0.2, 0.25) is 0 Å². The number of carbonyl (C=O) groups excluding carboxylic acids is 3. The lowest BCUT2D eigenvalue weighted by Gasteiger charge is -2.40. The Labute approximate surface area is 147 Å². The van der Waals surface area contributed by atoms with E-state index in [2.05, 4.69) is 0 Å². The second-order valence-corrected chi connectivity index (χ2v) is 6.73. The van der Waals surface area contributed by atoms with E-state index in [4.69, 9.17) is 14.2 Å². The quantitative estimate of drug-likeness (QED) is 0.581. The molecule has 0 N–H and O–H groups in total. The van der Waals surface area contributed by atoms with Crippen molar-refractivity contribution in [3.8, 4) is 0 Å². The Kier molecular flexibility index (Phi) is 5.50. The molecule has 0 aromatic heterocycles. The summed E-state index contributed by atoms with van der Waals surface area (Å²) in [5.74, 6) is -2.90. The van der Waals surface area contributed by atoms with Crippen molar-refractivity contribution in [1.29, 1.82) is 0 Å². The van der Waals surface area contributed by atoms with Crippen LogP contribution in [0.15, 0.2) is 24.3 Å². The molecule has 0 atom stereocenters. The fourth-order valence-electron chi connectivity index (χ4n) is 2.94. The van der Waals surface area contributed by atoms with E-state index in [9.17, 15) is 14.4 Å². The summed E-state index contributed by atoms with van der Waals surface area (Å²) >= 11 is 0. The first-order valence-corrected chi connectivity index (χ1v) is 8.38. The molecular formula is C19H24O6. The molecule has 25 heavy (non-hydrogen) atoms. The highest BCUT2D eigenvalue weighted by atomic mass is 16.7. The average Bonchev–Trinajstić information content (AvgIpc) is 2.56. The van der Waals surface area contributed by atoms with Gasteiger partial charge in [-0.1, -0.05) is 31.9 Å². The van der Waals surface area contributed by atoms with Gasteiger partial charge in [0.05, 0.1) is 12.7 Å². The maximum Gasteiger partial charge on any atom is 0.337 e. The van der Waals surface area contributed by atoms with E-state index in [0.29, 0.717) is 24.0 Å². The molecule has 1 aromatic rings. The highest BCUT2D eigenvalue weighted by molar-refractivity contribution is 6.02. The summed E-state index contributed by atoms with van der Waals surface area (Å²) in [5, 5.41) is 0. The number of carbonyl (C=O) groups is 3. The van der Waals surface area contributed by atoms with Gasteiger partial charge in [0.25, 0.3) is 5.79 Å². The Morgan fingerprint density at radius 3 is 2.36 bits per heavy atom. The molecule has 1 aromatic carbocycles. The zero-order valence-corrected chi connectivity index (χ0v) is 15.1. The predicted octanol–water partition coefficient (Wildman–Crippen LogP) is 3.03.